The van der Waals surface area contributed by atoms with E-state index in [1.165, 1.54) is 4.88 Å². The number of aldehydes is 1. The van der Waals surface area contributed by atoms with Gasteiger partial charge in [-0.15, -0.1) is 11.3 Å². The predicted octanol–water partition coefficient (Wildman–Crippen LogP) is 3.63. The number of rotatable bonds is 5. The van der Waals surface area contributed by atoms with E-state index in [0.717, 1.165) is 24.0 Å². The van der Waals surface area contributed by atoms with E-state index >= 15 is 0 Å². The van der Waals surface area contributed by atoms with E-state index in [4.69, 9.17) is 0 Å². The fraction of sp³-hybridized carbons (Fsp3) is 0.267. The molecule has 0 aliphatic heterocycles. The SMILES string of the molecule is CC(Cc1cccs1)N(C)c1ccc(C=O)cc1. The Morgan fingerprint density at radius 2 is 2.00 bits per heavy atom. The van der Waals surface area contributed by atoms with Crippen molar-refractivity contribution in [2.75, 3.05) is 11.9 Å². The van der Waals surface area contributed by atoms with Crippen LogP contribution >= 0.6 is 11.3 Å². The Kier molecular flexibility index (Phi) is 4.15. The number of thiophene rings is 1. The monoisotopic (exact) mass is 259 g/mol. The lowest BCUT2D eigenvalue weighted by molar-refractivity contribution is 0.112. The lowest BCUT2D eigenvalue weighted by atomic mass is 10.1. The minimum atomic E-state index is 0.436. The molecule has 18 heavy (non-hydrogen) atoms. The molecule has 1 aromatic heterocycles. The van der Waals surface area contributed by atoms with Crippen LogP contribution in [0.4, 0.5) is 5.69 Å². The highest BCUT2D eigenvalue weighted by Crippen LogP contribution is 2.19. The summed E-state index contributed by atoms with van der Waals surface area (Å²) in [5.41, 5.74) is 1.86. The van der Waals surface area contributed by atoms with Crippen LogP contribution in [0, 0.1) is 0 Å². The summed E-state index contributed by atoms with van der Waals surface area (Å²) in [6, 6.07) is 12.4. The normalized spacial score (nSPS) is 12.1. The second kappa shape index (κ2) is 5.83. The molecule has 0 fully saturated rings. The maximum atomic E-state index is 10.6. The zero-order chi connectivity index (χ0) is 13.0. The zero-order valence-corrected chi connectivity index (χ0v) is 11.5. The van der Waals surface area contributed by atoms with E-state index in [1.807, 2.05) is 24.3 Å². The fourth-order valence-electron chi connectivity index (χ4n) is 1.90. The van der Waals surface area contributed by atoms with E-state index in [9.17, 15) is 4.79 Å². The first-order valence-corrected chi connectivity index (χ1v) is 6.89. The average molecular weight is 259 g/mol. The van der Waals surface area contributed by atoms with Crippen LogP contribution in [0.1, 0.15) is 22.2 Å². The van der Waals surface area contributed by atoms with Gasteiger partial charge in [-0.2, -0.15) is 0 Å². The molecule has 3 heteroatoms. The van der Waals surface area contributed by atoms with Gasteiger partial charge < -0.3 is 4.90 Å². The maximum absolute atomic E-state index is 10.6. The molecule has 0 aliphatic rings. The van der Waals surface area contributed by atoms with Crippen molar-refractivity contribution in [2.45, 2.75) is 19.4 Å². The van der Waals surface area contributed by atoms with Gasteiger partial charge in [0.05, 0.1) is 0 Å². The highest BCUT2D eigenvalue weighted by molar-refractivity contribution is 7.09. The second-order valence-electron chi connectivity index (χ2n) is 4.45. The molecule has 2 aromatic rings. The minimum Gasteiger partial charge on any atom is -0.372 e. The molecule has 1 heterocycles. The summed E-state index contributed by atoms with van der Waals surface area (Å²) in [5.74, 6) is 0. The van der Waals surface area contributed by atoms with Gasteiger partial charge in [-0.25, -0.2) is 0 Å². The Morgan fingerprint density at radius 3 is 2.56 bits per heavy atom. The van der Waals surface area contributed by atoms with E-state index < -0.39 is 0 Å². The molecule has 0 radical (unpaired) electrons. The number of benzene rings is 1. The zero-order valence-electron chi connectivity index (χ0n) is 10.7. The predicted molar refractivity (Wildman–Crippen MR) is 77.7 cm³/mol. The molecular weight excluding hydrogens is 242 g/mol. The van der Waals surface area contributed by atoms with E-state index in [1.54, 1.807) is 11.3 Å². The fourth-order valence-corrected chi connectivity index (χ4v) is 2.73. The molecule has 1 atom stereocenters. The largest absolute Gasteiger partial charge is 0.372 e. The number of anilines is 1. The Bertz CT molecular complexity index is 490. The Balaban J connectivity index is 2.04. The molecule has 2 rings (SSSR count). The van der Waals surface area contributed by atoms with Crippen molar-refractivity contribution in [2.24, 2.45) is 0 Å². The molecular formula is C15H17NOS. The first-order valence-electron chi connectivity index (χ1n) is 6.01. The van der Waals surface area contributed by atoms with Gasteiger partial charge in [-0.05, 0) is 42.6 Å². The molecule has 94 valence electrons. The number of nitrogens with zero attached hydrogens (tertiary/aromatic N) is 1. The van der Waals surface area contributed by atoms with Gasteiger partial charge in [-0.1, -0.05) is 6.07 Å². The van der Waals surface area contributed by atoms with Crippen LogP contribution in [0.2, 0.25) is 0 Å². The second-order valence-corrected chi connectivity index (χ2v) is 5.49. The lowest BCUT2D eigenvalue weighted by Crippen LogP contribution is -2.30. The Labute approximate surface area is 112 Å². The first kappa shape index (κ1) is 12.8. The van der Waals surface area contributed by atoms with E-state index in [-0.39, 0.29) is 0 Å². The maximum Gasteiger partial charge on any atom is 0.150 e. The molecule has 1 aromatic carbocycles. The van der Waals surface area contributed by atoms with E-state index in [0.29, 0.717) is 6.04 Å². The van der Waals surface area contributed by atoms with Crippen LogP contribution in [-0.4, -0.2) is 19.4 Å². The Hall–Kier alpha value is -1.61. The number of hydrogen-bond acceptors (Lipinski definition) is 3. The van der Waals surface area contributed by atoms with Crippen molar-refractivity contribution in [3.63, 3.8) is 0 Å². The topological polar surface area (TPSA) is 20.3 Å². The number of hydrogen-bond donors (Lipinski definition) is 0. The van der Waals surface area contributed by atoms with Crippen LogP contribution < -0.4 is 4.90 Å². The summed E-state index contributed by atoms with van der Waals surface area (Å²) in [4.78, 5) is 14.3. The van der Waals surface area contributed by atoms with Gasteiger partial charge >= 0.3 is 0 Å². The van der Waals surface area contributed by atoms with Gasteiger partial charge in [0.2, 0.25) is 0 Å². The summed E-state index contributed by atoms with van der Waals surface area (Å²) in [6.07, 6.45) is 1.92. The third-order valence-electron chi connectivity index (χ3n) is 3.17. The number of likely N-dealkylation sites (N-methyl/N-ethyl adjacent to an activating group) is 1. The standard InChI is InChI=1S/C15H17NOS/c1-12(10-15-4-3-9-18-15)16(2)14-7-5-13(11-17)6-8-14/h3-9,11-12H,10H2,1-2H3. The van der Waals surface area contributed by atoms with Crippen molar-refractivity contribution in [3.05, 3.63) is 52.2 Å². The van der Waals surface area contributed by atoms with Crippen molar-refractivity contribution in [1.82, 2.24) is 0 Å². The van der Waals surface area contributed by atoms with Gasteiger partial charge in [0, 0.05) is 35.6 Å². The summed E-state index contributed by atoms with van der Waals surface area (Å²) >= 11 is 1.80. The van der Waals surface area contributed by atoms with Gasteiger partial charge in [-0.3, -0.25) is 4.79 Å². The molecule has 0 bridgehead atoms. The molecule has 0 amide bonds. The smallest absolute Gasteiger partial charge is 0.150 e. The van der Waals surface area contributed by atoms with Gasteiger partial charge in [0.25, 0.3) is 0 Å². The van der Waals surface area contributed by atoms with Gasteiger partial charge in [0.1, 0.15) is 6.29 Å². The Morgan fingerprint density at radius 1 is 1.28 bits per heavy atom. The summed E-state index contributed by atoms with van der Waals surface area (Å²) in [6.45, 7) is 2.22. The van der Waals surface area contributed by atoms with Crippen LogP contribution in [-0.2, 0) is 6.42 Å². The number of carbonyl (C=O) groups excluding carboxylic acids is 1. The van der Waals surface area contributed by atoms with Crippen molar-refractivity contribution < 1.29 is 4.79 Å². The quantitative estimate of drug-likeness (QED) is 0.764. The van der Waals surface area contributed by atoms with Crippen LogP contribution in [0.5, 0.6) is 0 Å². The molecule has 0 saturated heterocycles. The van der Waals surface area contributed by atoms with E-state index in [2.05, 4.69) is 36.4 Å². The van der Waals surface area contributed by atoms with Crippen LogP contribution in [0.15, 0.2) is 41.8 Å². The lowest BCUT2D eigenvalue weighted by Gasteiger charge is -2.26. The third-order valence-corrected chi connectivity index (χ3v) is 4.07. The van der Waals surface area contributed by atoms with Gasteiger partial charge in [0.15, 0.2) is 0 Å². The number of carbonyl (C=O) groups is 1. The first-order chi connectivity index (χ1) is 8.70. The van der Waals surface area contributed by atoms with Crippen LogP contribution in [0.3, 0.4) is 0 Å². The molecule has 0 saturated carbocycles. The third kappa shape index (κ3) is 2.99. The molecule has 0 N–H and O–H groups in total. The highest BCUT2D eigenvalue weighted by atomic mass is 32.1. The minimum absolute atomic E-state index is 0.436. The van der Waals surface area contributed by atoms with Crippen LogP contribution in [0.25, 0.3) is 0 Å². The molecule has 0 aliphatic carbocycles. The highest BCUT2D eigenvalue weighted by Gasteiger charge is 2.11. The van der Waals surface area contributed by atoms with Crippen molar-refractivity contribution >= 4 is 23.3 Å². The summed E-state index contributed by atoms with van der Waals surface area (Å²) in [7, 11) is 2.09. The molecule has 0 spiro atoms. The summed E-state index contributed by atoms with van der Waals surface area (Å²) in [5, 5.41) is 2.11. The average Bonchev–Trinajstić information content (AvgIpc) is 2.91. The van der Waals surface area contributed by atoms with Crippen molar-refractivity contribution in [1.29, 1.82) is 0 Å². The molecule has 2 nitrogen and oxygen atoms in total. The summed E-state index contributed by atoms with van der Waals surface area (Å²) < 4.78 is 0. The molecule has 1 unspecified atom stereocenters. The van der Waals surface area contributed by atoms with Crippen molar-refractivity contribution in [3.8, 4) is 0 Å².